The first kappa shape index (κ1) is 24.1. The van der Waals surface area contributed by atoms with E-state index >= 15 is 0 Å². The predicted molar refractivity (Wildman–Crippen MR) is 172 cm³/mol. The largest absolute Gasteiger partial charge is 0.456 e. The second-order valence-corrected chi connectivity index (χ2v) is 11.4. The standard InChI is InChI=1S/C38H20N2OS/c39-21-23-12-17-34-33(18-23)29-16-14-25(20-35(29)41-34)24-13-15-28(32(19-24)27-7-2-1-6-26(27)22-40)30-9-5-11-37-38(30)31-8-3-4-10-36(31)42-37/h1-20H. The number of hydrogen-bond acceptors (Lipinski definition) is 4. The molecule has 0 fully saturated rings. The SMILES string of the molecule is N#Cc1ccc2oc3cc(-c4ccc(-c5cccc6sc7ccccc7c56)c(-c5ccccc5C#N)c4)ccc3c2c1. The minimum atomic E-state index is 0.610. The van der Waals surface area contributed by atoms with E-state index < -0.39 is 0 Å². The third kappa shape index (κ3) is 3.71. The lowest BCUT2D eigenvalue weighted by atomic mass is 9.87. The summed E-state index contributed by atoms with van der Waals surface area (Å²) in [4.78, 5) is 0. The summed E-state index contributed by atoms with van der Waals surface area (Å²) in [6, 6.07) is 45.7. The average Bonchev–Trinajstić information content (AvgIpc) is 3.62. The van der Waals surface area contributed by atoms with Crippen LogP contribution in [0.5, 0.6) is 0 Å². The topological polar surface area (TPSA) is 60.7 Å². The molecule has 8 rings (SSSR count). The molecule has 0 saturated heterocycles. The Kier molecular flexibility index (Phi) is 5.44. The molecular weight excluding hydrogens is 532 g/mol. The van der Waals surface area contributed by atoms with E-state index in [1.54, 1.807) is 17.4 Å². The van der Waals surface area contributed by atoms with Crippen LogP contribution in [0.4, 0.5) is 0 Å². The van der Waals surface area contributed by atoms with Gasteiger partial charge in [0.15, 0.2) is 0 Å². The molecule has 3 nitrogen and oxygen atoms in total. The van der Waals surface area contributed by atoms with Crippen LogP contribution in [0.3, 0.4) is 0 Å². The van der Waals surface area contributed by atoms with E-state index in [1.807, 2.05) is 36.4 Å². The molecule has 0 amide bonds. The molecule has 4 heteroatoms. The zero-order valence-corrected chi connectivity index (χ0v) is 23.1. The molecule has 0 spiro atoms. The van der Waals surface area contributed by atoms with Gasteiger partial charge in [0, 0.05) is 36.5 Å². The van der Waals surface area contributed by atoms with E-state index in [-0.39, 0.29) is 0 Å². The van der Waals surface area contributed by atoms with Crippen LogP contribution in [0.2, 0.25) is 0 Å². The van der Waals surface area contributed by atoms with Crippen molar-refractivity contribution in [2.45, 2.75) is 0 Å². The minimum absolute atomic E-state index is 0.610. The molecule has 8 aromatic rings. The molecule has 42 heavy (non-hydrogen) atoms. The molecule has 0 aliphatic rings. The summed E-state index contributed by atoms with van der Waals surface area (Å²) >= 11 is 1.80. The van der Waals surface area contributed by atoms with Crippen molar-refractivity contribution in [2.24, 2.45) is 0 Å². The third-order valence-electron chi connectivity index (χ3n) is 7.98. The molecule has 0 radical (unpaired) electrons. The molecular formula is C38H20N2OS. The fourth-order valence-corrected chi connectivity index (χ4v) is 7.15. The van der Waals surface area contributed by atoms with Gasteiger partial charge >= 0.3 is 0 Å². The molecule has 0 N–H and O–H groups in total. The fraction of sp³-hybridized carbons (Fsp3) is 0. The Hall–Kier alpha value is -5.68. The smallest absolute Gasteiger partial charge is 0.136 e. The highest BCUT2D eigenvalue weighted by Crippen LogP contribution is 2.44. The number of hydrogen-bond donors (Lipinski definition) is 0. The maximum Gasteiger partial charge on any atom is 0.136 e. The number of fused-ring (bicyclic) bond motifs is 6. The lowest BCUT2D eigenvalue weighted by Crippen LogP contribution is -1.91. The second-order valence-electron chi connectivity index (χ2n) is 10.3. The number of thiophene rings is 1. The van der Waals surface area contributed by atoms with Crippen LogP contribution in [-0.2, 0) is 0 Å². The average molecular weight is 553 g/mol. The summed E-state index contributed by atoms with van der Waals surface area (Å²) in [5.41, 5.74) is 8.99. The quantitative estimate of drug-likeness (QED) is 0.219. The summed E-state index contributed by atoms with van der Waals surface area (Å²) < 4.78 is 8.69. The highest BCUT2D eigenvalue weighted by Gasteiger charge is 2.18. The number of furan rings is 1. The van der Waals surface area contributed by atoms with Crippen LogP contribution in [-0.4, -0.2) is 0 Å². The second kappa shape index (κ2) is 9.46. The zero-order chi connectivity index (χ0) is 28.2. The van der Waals surface area contributed by atoms with Gasteiger partial charge in [0.1, 0.15) is 11.2 Å². The van der Waals surface area contributed by atoms with Gasteiger partial charge in [0.25, 0.3) is 0 Å². The maximum atomic E-state index is 10.1. The molecule has 0 bridgehead atoms. The molecule has 0 atom stereocenters. The van der Waals surface area contributed by atoms with Crippen LogP contribution in [0.15, 0.2) is 126 Å². The van der Waals surface area contributed by atoms with Crippen molar-refractivity contribution in [3.63, 3.8) is 0 Å². The van der Waals surface area contributed by atoms with Crippen LogP contribution in [0.25, 0.3) is 75.5 Å². The Morgan fingerprint density at radius 3 is 2.19 bits per heavy atom. The van der Waals surface area contributed by atoms with Gasteiger partial charge in [0.2, 0.25) is 0 Å². The molecule has 2 aromatic heterocycles. The number of nitrogens with zero attached hydrogens (tertiary/aromatic N) is 2. The molecule has 2 heterocycles. The van der Waals surface area contributed by atoms with E-state index in [2.05, 4.69) is 91.0 Å². The first-order chi connectivity index (χ1) is 20.7. The summed E-state index contributed by atoms with van der Waals surface area (Å²) in [7, 11) is 0. The van der Waals surface area contributed by atoms with E-state index in [0.717, 1.165) is 55.3 Å². The van der Waals surface area contributed by atoms with Crippen molar-refractivity contribution in [1.82, 2.24) is 0 Å². The fourth-order valence-electron chi connectivity index (χ4n) is 6.02. The van der Waals surface area contributed by atoms with Crippen LogP contribution in [0, 0.1) is 22.7 Å². The Bertz CT molecular complexity index is 2450. The Morgan fingerprint density at radius 2 is 1.29 bits per heavy atom. The lowest BCUT2D eigenvalue weighted by Gasteiger charge is -2.15. The number of nitriles is 2. The maximum absolute atomic E-state index is 10.1. The molecule has 0 aliphatic carbocycles. The van der Waals surface area contributed by atoms with Gasteiger partial charge in [-0.15, -0.1) is 11.3 Å². The van der Waals surface area contributed by atoms with Gasteiger partial charge in [-0.1, -0.05) is 66.7 Å². The van der Waals surface area contributed by atoms with Gasteiger partial charge in [-0.2, -0.15) is 10.5 Å². The number of benzene rings is 6. The van der Waals surface area contributed by atoms with E-state index in [1.165, 1.54) is 20.2 Å². The van der Waals surface area contributed by atoms with Crippen molar-refractivity contribution in [3.8, 4) is 45.5 Å². The highest BCUT2D eigenvalue weighted by molar-refractivity contribution is 7.25. The minimum Gasteiger partial charge on any atom is -0.456 e. The van der Waals surface area contributed by atoms with Crippen LogP contribution in [0.1, 0.15) is 11.1 Å². The van der Waals surface area contributed by atoms with Crippen LogP contribution < -0.4 is 0 Å². The summed E-state index contributed by atoms with van der Waals surface area (Å²) in [6.45, 7) is 0. The van der Waals surface area contributed by atoms with Gasteiger partial charge in [-0.25, -0.2) is 0 Å². The third-order valence-corrected chi connectivity index (χ3v) is 9.12. The summed E-state index contributed by atoms with van der Waals surface area (Å²) in [6.07, 6.45) is 0. The van der Waals surface area contributed by atoms with Gasteiger partial charge in [0.05, 0.1) is 23.3 Å². The van der Waals surface area contributed by atoms with Crippen LogP contribution >= 0.6 is 11.3 Å². The molecule has 0 aliphatic heterocycles. The molecule has 0 saturated carbocycles. The first-order valence-electron chi connectivity index (χ1n) is 13.6. The summed E-state index contributed by atoms with van der Waals surface area (Å²) in [5, 5.41) is 23.8. The Morgan fingerprint density at radius 1 is 0.500 bits per heavy atom. The van der Waals surface area contributed by atoms with Gasteiger partial charge in [-0.05, 0) is 82.4 Å². The van der Waals surface area contributed by atoms with Crippen molar-refractivity contribution in [1.29, 1.82) is 10.5 Å². The van der Waals surface area contributed by atoms with Crippen molar-refractivity contribution in [3.05, 3.63) is 132 Å². The molecule has 194 valence electrons. The van der Waals surface area contributed by atoms with Crippen molar-refractivity contribution < 1.29 is 4.42 Å². The van der Waals surface area contributed by atoms with Crippen molar-refractivity contribution in [2.75, 3.05) is 0 Å². The zero-order valence-electron chi connectivity index (χ0n) is 22.3. The first-order valence-corrected chi connectivity index (χ1v) is 14.4. The Balaban J connectivity index is 1.37. The monoisotopic (exact) mass is 552 g/mol. The van der Waals surface area contributed by atoms with Gasteiger partial charge < -0.3 is 4.42 Å². The normalized spacial score (nSPS) is 11.3. The van der Waals surface area contributed by atoms with E-state index in [4.69, 9.17) is 4.42 Å². The molecule has 0 unspecified atom stereocenters. The van der Waals surface area contributed by atoms with Crippen molar-refractivity contribution >= 4 is 53.4 Å². The molecule has 6 aromatic carbocycles. The lowest BCUT2D eigenvalue weighted by molar-refractivity contribution is 0.669. The number of rotatable bonds is 3. The summed E-state index contributed by atoms with van der Waals surface area (Å²) in [5.74, 6) is 0. The van der Waals surface area contributed by atoms with E-state index in [0.29, 0.717) is 11.1 Å². The van der Waals surface area contributed by atoms with Gasteiger partial charge in [-0.3, -0.25) is 0 Å². The highest BCUT2D eigenvalue weighted by atomic mass is 32.1. The Labute approximate surface area is 245 Å². The van der Waals surface area contributed by atoms with E-state index in [9.17, 15) is 10.5 Å². The predicted octanol–water partition coefficient (Wildman–Crippen LogP) is 10.7.